The number of rotatable bonds is 9. The summed E-state index contributed by atoms with van der Waals surface area (Å²) in [5, 5.41) is 10.0. The zero-order valence-corrected chi connectivity index (χ0v) is 16.9. The largest absolute Gasteiger partial charge is 0.382 e. The van der Waals surface area contributed by atoms with Crippen LogP contribution in [0, 0.1) is 5.92 Å². The van der Waals surface area contributed by atoms with Crippen LogP contribution in [0.25, 0.3) is 0 Å². The van der Waals surface area contributed by atoms with Gasteiger partial charge < -0.3 is 10.0 Å². The Kier molecular flexibility index (Phi) is 7.33. The van der Waals surface area contributed by atoms with E-state index in [1.807, 2.05) is 6.92 Å². The van der Waals surface area contributed by atoms with E-state index in [1.54, 1.807) is 11.0 Å². The van der Waals surface area contributed by atoms with Crippen LogP contribution in [-0.2, 0) is 20.6 Å². The lowest BCUT2D eigenvalue weighted by Crippen LogP contribution is -2.35. The van der Waals surface area contributed by atoms with Gasteiger partial charge in [0.1, 0.15) is 15.9 Å². The summed E-state index contributed by atoms with van der Waals surface area (Å²) in [7, 11) is -3.06. The average molecular weight is 416 g/mol. The van der Waals surface area contributed by atoms with E-state index < -0.39 is 27.9 Å². The van der Waals surface area contributed by atoms with Crippen LogP contribution >= 0.6 is 0 Å². The van der Waals surface area contributed by atoms with Crippen LogP contribution in [0.15, 0.2) is 42.5 Å². The maximum atomic E-state index is 14.4. The predicted molar refractivity (Wildman–Crippen MR) is 104 cm³/mol. The molecule has 2 rings (SSSR count). The second kappa shape index (κ2) is 9.13. The van der Waals surface area contributed by atoms with E-state index >= 15 is 0 Å². The average Bonchev–Trinajstić information content (AvgIpc) is 2.89. The number of hydrogen-bond acceptors (Lipinski definition) is 4. The van der Waals surface area contributed by atoms with E-state index in [0.29, 0.717) is 25.8 Å². The van der Waals surface area contributed by atoms with Gasteiger partial charge in [0.15, 0.2) is 0 Å². The quantitative estimate of drug-likeness (QED) is 0.497. The molecule has 3 atom stereocenters. The molecule has 1 N–H and O–H groups in total. The highest BCUT2D eigenvalue weighted by Crippen LogP contribution is 2.33. The summed E-state index contributed by atoms with van der Waals surface area (Å²) in [5.41, 5.74) is -0.277. The molecule has 0 spiro atoms. The minimum Gasteiger partial charge on any atom is -0.382 e. The maximum Gasteiger partial charge on any atom is 0.302 e. The molecule has 1 aromatic carbocycles. The summed E-state index contributed by atoms with van der Waals surface area (Å²) >= 11 is 0. The highest BCUT2D eigenvalue weighted by molar-refractivity contribution is 7.90. The van der Waals surface area contributed by atoms with Crippen molar-refractivity contribution in [3.05, 3.63) is 48.0 Å². The molecule has 1 fully saturated rings. The summed E-state index contributed by atoms with van der Waals surface area (Å²) in [4.78, 5) is 13.8. The number of hydrogen-bond donors (Lipinski definition) is 1. The fourth-order valence-electron chi connectivity index (χ4n) is 3.37. The number of sulfone groups is 1. The third-order valence-electron chi connectivity index (χ3n) is 4.94. The number of carbonyl (C=O) groups excluding carboxylic acids is 1. The lowest BCUT2D eigenvalue weighted by Gasteiger charge is -2.26. The Balaban J connectivity index is 2.03. The molecule has 5 nitrogen and oxygen atoms in total. The van der Waals surface area contributed by atoms with Crippen molar-refractivity contribution in [2.75, 3.05) is 18.6 Å². The molecule has 1 saturated heterocycles. The Morgan fingerprint density at radius 1 is 1.29 bits per heavy atom. The molecule has 1 heterocycles. The first-order chi connectivity index (χ1) is 13.0. The zero-order valence-electron chi connectivity index (χ0n) is 16.1. The van der Waals surface area contributed by atoms with Crippen LogP contribution in [0.1, 0.15) is 31.7 Å². The van der Waals surface area contributed by atoms with Crippen LogP contribution in [0.2, 0.25) is 0 Å². The van der Waals surface area contributed by atoms with E-state index in [2.05, 4.69) is 0 Å². The van der Waals surface area contributed by atoms with Gasteiger partial charge in [0.25, 0.3) is 0 Å². The first-order valence-electron chi connectivity index (χ1n) is 9.29. The van der Waals surface area contributed by atoms with E-state index in [1.165, 1.54) is 30.3 Å². The van der Waals surface area contributed by atoms with Gasteiger partial charge in [-0.1, -0.05) is 49.4 Å². The van der Waals surface area contributed by atoms with Crippen molar-refractivity contribution in [3.63, 3.8) is 0 Å². The van der Waals surface area contributed by atoms with Crippen molar-refractivity contribution in [1.29, 1.82) is 0 Å². The van der Waals surface area contributed by atoms with Crippen LogP contribution in [-0.4, -0.2) is 55.0 Å². The summed E-state index contributed by atoms with van der Waals surface area (Å²) in [6.45, 7) is 2.21. The number of aliphatic hydroxyl groups excluding tert-OH is 1. The lowest BCUT2D eigenvalue weighted by molar-refractivity contribution is -0.128. The zero-order chi connectivity index (χ0) is 20.9. The minimum absolute atomic E-state index is 0.0487. The Labute approximate surface area is 165 Å². The third-order valence-corrected chi connectivity index (χ3v) is 5.97. The molecule has 0 radical (unpaired) electrons. The van der Waals surface area contributed by atoms with Crippen molar-refractivity contribution in [1.82, 2.24) is 4.90 Å². The molecule has 28 heavy (non-hydrogen) atoms. The van der Waals surface area contributed by atoms with Crippen molar-refractivity contribution in [3.8, 4) is 0 Å². The molecule has 2 unspecified atom stereocenters. The molecular weight excluding hydrogens is 388 g/mol. The summed E-state index contributed by atoms with van der Waals surface area (Å²) < 4.78 is 51.2. The first kappa shape index (κ1) is 22.5. The Bertz CT molecular complexity index is 796. The normalized spacial score (nSPS) is 22.2. The molecule has 156 valence electrons. The van der Waals surface area contributed by atoms with Gasteiger partial charge in [-0.3, -0.25) is 4.79 Å². The Morgan fingerprint density at radius 3 is 2.54 bits per heavy atom. The van der Waals surface area contributed by atoms with Crippen molar-refractivity contribution < 1.29 is 27.1 Å². The van der Waals surface area contributed by atoms with Gasteiger partial charge in [-0.25, -0.2) is 8.42 Å². The Morgan fingerprint density at radius 2 is 1.93 bits per heavy atom. The van der Waals surface area contributed by atoms with Crippen molar-refractivity contribution in [2.45, 2.75) is 44.3 Å². The monoisotopic (exact) mass is 415 g/mol. The molecule has 0 aromatic heterocycles. The fourth-order valence-corrected chi connectivity index (χ4v) is 4.10. The SMILES string of the molecule is CC1CC(=O)N(CCCCS(C)(=O)=O)[C@H]1/C=C/C(O)C(F)(F)c1ccccc1. The number of alkyl halides is 2. The van der Waals surface area contributed by atoms with Gasteiger partial charge in [0.2, 0.25) is 5.91 Å². The number of nitrogens with zero attached hydrogens (tertiary/aromatic N) is 1. The van der Waals surface area contributed by atoms with Crippen molar-refractivity contribution in [2.24, 2.45) is 5.92 Å². The molecule has 0 bridgehead atoms. The number of likely N-dealkylation sites (tertiary alicyclic amines) is 1. The van der Waals surface area contributed by atoms with E-state index in [-0.39, 0.29) is 23.1 Å². The van der Waals surface area contributed by atoms with Gasteiger partial charge >= 0.3 is 5.92 Å². The number of benzene rings is 1. The third kappa shape index (κ3) is 5.85. The van der Waals surface area contributed by atoms with Gasteiger partial charge in [-0.05, 0) is 18.8 Å². The van der Waals surface area contributed by atoms with E-state index in [0.717, 1.165) is 12.3 Å². The molecule has 0 saturated carbocycles. The van der Waals surface area contributed by atoms with Gasteiger partial charge in [-0.2, -0.15) is 8.78 Å². The lowest BCUT2D eigenvalue weighted by atomic mass is 9.99. The topological polar surface area (TPSA) is 74.7 Å². The molecule has 1 aliphatic rings. The van der Waals surface area contributed by atoms with Crippen molar-refractivity contribution >= 4 is 15.7 Å². The van der Waals surface area contributed by atoms with Crippen LogP contribution in [0.5, 0.6) is 0 Å². The van der Waals surface area contributed by atoms with E-state index in [9.17, 15) is 27.1 Å². The van der Waals surface area contributed by atoms with Gasteiger partial charge in [-0.15, -0.1) is 0 Å². The van der Waals surface area contributed by atoms with Crippen LogP contribution in [0.4, 0.5) is 8.78 Å². The van der Waals surface area contributed by atoms with Gasteiger partial charge in [0.05, 0.1) is 6.04 Å². The second-order valence-corrected chi connectivity index (χ2v) is 9.67. The molecule has 1 aliphatic heterocycles. The molecule has 0 aliphatic carbocycles. The summed E-state index contributed by atoms with van der Waals surface area (Å²) in [6.07, 6.45) is 2.91. The fraction of sp³-hybridized carbons (Fsp3) is 0.550. The van der Waals surface area contributed by atoms with Crippen LogP contribution < -0.4 is 0 Å². The number of amides is 1. The van der Waals surface area contributed by atoms with Crippen LogP contribution in [0.3, 0.4) is 0 Å². The maximum absolute atomic E-state index is 14.4. The summed E-state index contributed by atoms with van der Waals surface area (Å²) in [5.74, 6) is -3.56. The first-order valence-corrected chi connectivity index (χ1v) is 11.4. The summed E-state index contributed by atoms with van der Waals surface area (Å²) in [6, 6.07) is 6.70. The predicted octanol–water partition coefficient (Wildman–Crippen LogP) is 2.76. The molecule has 1 aromatic rings. The van der Waals surface area contributed by atoms with E-state index in [4.69, 9.17) is 0 Å². The number of halogens is 2. The standard InChI is InChI=1S/C20H27F2NO4S/c1-15-14-19(25)23(12-6-7-13-28(2,26)27)17(15)10-11-18(24)20(21,22)16-8-4-3-5-9-16/h3-5,8-11,15,17-18,24H,6-7,12-14H2,1-2H3/b11-10+/t15?,17-,18?/m0/s1. The Hall–Kier alpha value is -1.80. The minimum atomic E-state index is -3.44. The van der Waals surface area contributed by atoms with Gasteiger partial charge in [0, 0.05) is 30.5 Å². The molecular formula is C20H27F2NO4S. The molecule has 1 amide bonds. The number of unbranched alkanes of at least 4 members (excludes halogenated alkanes) is 1. The number of aliphatic hydroxyl groups is 1. The highest BCUT2D eigenvalue weighted by atomic mass is 32.2. The highest BCUT2D eigenvalue weighted by Gasteiger charge is 2.40. The second-order valence-electron chi connectivity index (χ2n) is 7.41. The molecule has 8 heteroatoms. The number of carbonyl (C=O) groups is 1. The smallest absolute Gasteiger partial charge is 0.302 e.